The van der Waals surface area contributed by atoms with Crippen molar-refractivity contribution in [1.82, 2.24) is 10.2 Å². The number of nitro groups is 1. The minimum absolute atomic E-state index is 0.220. The van der Waals surface area contributed by atoms with Gasteiger partial charge in [0.1, 0.15) is 0 Å². The Morgan fingerprint density at radius 1 is 1.37 bits per heavy atom. The number of hydrogen-bond donors (Lipinski definition) is 1. The maximum atomic E-state index is 11.0. The molecular weight excluding hydrogens is 242 g/mol. The van der Waals surface area contributed by atoms with Gasteiger partial charge in [-0.3, -0.25) is 15.0 Å². The second-order valence-electron chi connectivity index (χ2n) is 5.12. The highest BCUT2D eigenvalue weighted by atomic mass is 16.6. The first-order chi connectivity index (χ1) is 9.09. The van der Waals surface area contributed by atoms with Crippen LogP contribution in [0.2, 0.25) is 0 Å². The van der Waals surface area contributed by atoms with Crippen LogP contribution in [0.25, 0.3) is 0 Å². The van der Waals surface area contributed by atoms with Crippen molar-refractivity contribution in [2.45, 2.75) is 26.3 Å². The molecule has 1 heterocycles. The molecule has 1 aliphatic heterocycles. The van der Waals surface area contributed by atoms with Crippen LogP contribution in [-0.4, -0.2) is 36.0 Å². The van der Waals surface area contributed by atoms with E-state index < -0.39 is 0 Å². The Kier molecular flexibility index (Phi) is 4.50. The summed E-state index contributed by atoms with van der Waals surface area (Å²) in [4.78, 5) is 13.1. The lowest BCUT2D eigenvalue weighted by molar-refractivity contribution is -0.385. The fourth-order valence-electron chi connectivity index (χ4n) is 2.55. The Hall–Kier alpha value is -1.46. The normalized spacial score (nSPS) is 18.8. The molecule has 5 heteroatoms. The molecule has 0 amide bonds. The smallest absolute Gasteiger partial charge is 0.272 e. The Morgan fingerprint density at radius 3 is 2.89 bits per heavy atom. The van der Waals surface area contributed by atoms with E-state index in [2.05, 4.69) is 17.1 Å². The van der Waals surface area contributed by atoms with Crippen molar-refractivity contribution in [1.29, 1.82) is 0 Å². The Bertz CT molecular complexity index is 454. The van der Waals surface area contributed by atoms with Crippen molar-refractivity contribution < 1.29 is 4.92 Å². The molecule has 1 unspecified atom stereocenters. The van der Waals surface area contributed by atoms with Crippen LogP contribution in [0.1, 0.15) is 30.5 Å². The van der Waals surface area contributed by atoms with Crippen LogP contribution in [0.3, 0.4) is 0 Å². The molecule has 1 aromatic carbocycles. The zero-order valence-electron chi connectivity index (χ0n) is 11.6. The lowest BCUT2D eigenvalue weighted by Gasteiger charge is -2.27. The van der Waals surface area contributed by atoms with Gasteiger partial charge < -0.3 is 5.32 Å². The van der Waals surface area contributed by atoms with Crippen molar-refractivity contribution >= 4 is 5.69 Å². The van der Waals surface area contributed by atoms with Crippen LogP contribution in [0, 0.1) is 17.0 Å². The third kappa shape index (κ3) is 3.30. The molecule has 1 aliphatic rings. The largest absolute Gasteiger partial charge is 0.315 e. The minimum Gasteiger partial charge on any atom is -0.315 e. The molecular formula is C14H21N3O2. The summed E-state index contributed by atoms with van der Waals surface area (Å²) in [7, 11) is 0. The number of benzene rings is 1. The Labute approximate surface area is 113 Å². The number of nitrogens with zero attached hydrogens (tertiary/aromatic N) is 2. The quantitative estimate of drug-likeness (QED) is 0.671. The van der Waals surface area contributed by atoms with Gasteiger partial charge in [0.15, 0.2) is 0 Å². The molecule has 1 fully saturated rings. The molecule has 104 valence electrons. The fraction of sp³-hybridized carbons (Fsp3) is 0.571. The summed E-state index contributed by atoms with van der Waals surface area (Å²) < 4.78 is 0. The summed E-state index contributed by atoms with van der Waals surface area (Å²) in [5, 5.41) is 14.4. The predicted octanol–water partition coefficient (Wildman–Crippen LogP) is 2.26. The molecule has 19 heavy (non-hydrogen) atoms. The summed E-state index contributed by atoms with van der Waals surface area (Å²) in [5.74, 6) is 0. The highest BCUT2D eigenvalue weighted by molar-refractivity contribution is 5.43. The zero-order valence-corrected chi connectivity index (χ0v) is 11.6. The van der Waals surface area contributed by atoms with Gasteiger partial charge in [0.25, 0.3) is 5.69 Å². The molecule has 0 bridgehead atoms. The van der Waals surface area contributed by atoms with E-state index in [0.29, 0.717) is 0 Å². The lowest BCUT2D eigenvalue weighted by atomic mass is 10.0. The van der Waals surface area contributed by atoms with Gasteiger partial charge in [-0.2, -0.15) is 0 Å². The summed E-state index contributed by atoms with van der Waals surface area (Å²) in [6.07, 6.45) is 1.12. The van der Waals surface area contributed by atoms with Crippen LogP contribution < -0.4 is 5.32 Å². The van der Waals surface area contributed by atoms with Crippen LogP contribution in [0.4, 0.5) is 5.69 Å². The number of hydrogen-bond acceptors (Lipinski definition) is 4. The van der Waals surface area contributed by atoms with Gasteiger partial charge in [-0.05, 0) is 38.9 Å². The fourth-order valence-corrected chi connectivity index (χ4v) is 2.55. The van der Waals surface area contributed by atoms with E-state index in [1.165, 1.54) is 0 Å². The van der Waals surface area contributed by atoms with Crippen molar-refractivity contribution in [3.63, 3.8) is 0 Å². The molecule has 1 saturated heterocycles. The predicted molar refractivity (Wildman–Crippen MR) is 75.3 cm³/mol. The van der Waals surface area contributed by atoms with Gasteiger partial charge >= 0.3 is 0 Å². The average molecular weight is 263 g/mol. The second-order valence-corrected chi connectivity index (χ2v) is 5.12. The topological polar surface area (TPSA) is 58.4 Å². The minimum atomic E-state index is -0.296. The van der Waals surface area contributed by atoms with E-state index in [1.807, 2.05) is 12.1 Å². The van der Waals surface area contributed by atoms with Crippen molar-refractivity contribution in [3.05, 3.63) is 39.4 Å². The summed E-state index contributed by atoms with van der Waals surface area (Å²) in [5.41, 5.74) is 1.97. The van der Waals surface area contributed by atoms with Gasteiger partial charge in [0.05, 0.1) is 4.92 Å². The third-order valence-electron chi connectivity index (χ3n) is 3.83. The maximum absolute atomic E-state index is 11.0. The van der Waals surface area contributed by atoms with Gasteiger partial charge in [-0.25, -0.2) is 0 Å². The number of aryl methyl sites for hydroxylation is 1. The van der Waals surface area contributed by atoms with E-state index in [1.54, 1.807) is 13.0 Å². The highest BCUT2D eigenvalue weighted by Crippen LogP contribution is 2.26. The molecule has 1 N–H and O–H groups in total. The molecule has 1 aromatic rings. The summed E-state index contributed by atoms with van der Waals surface area (Å²) >= 11 is 0. The first-order valence-electron chi connectivity index (χ1n) is 6.79. The van der Waals surface area contributed by atoms with Crippen LogP contribution in [0.15, 0.2) is 18.2 Å². The number of nitrogens with one attached hydrogen (secondary N) is 1. The third-order valence-corrected chi connectivity index (χ3v) is 3.83. The summed E-state index contributed by atoms with van der Waals surface area (Å²) in [6.45, 7) is 7.97. The van der Waals surface area contributed by atoms with Crippen LogP contribution >= 0.6 is 0 Å². The molecule has 2 rings (SSSR count). The van der Waals surface area contributed by atoms with Gasteiger partial charge in [0, 0.05) is 30.8 Å². The van der Waals surface area contributed by atoms with Crippen LogP contribution in [0.5, 0.6) is 0 Å². The van der Waals surface area contributed by atoms with E-state index in [4.69, 9.17) is 0 Å². The first-order valence-corrected chi connectivity index (χ1v) is 6.79. The van der Waals surface area contributed by atoms with Gasteiger partial charge in [-0.1, -0.05) is 12.1 Å². The second kappa shape index (κ2) is 6.12. The molecule has 0 aliphatic carbocycles. The maximum Gasteiger partial charge on any atom is 0.272 e. The molecule has 0 spiro atoms. The molecule has 0 radical (unpaired) electrons. The van der Waals surface area contributed by atoms with Crippen molar-refractivity contribution in [3.8, 4) is 0 Å². The molecule has 5 nitrogen and oxygen atoms in total. The number of rotatable bonds is 3. The standard InChI is InChI=1S/C14H21N3O2/c1-11-4-5-13(10-14(11)17(18)19)12(2)16-8-3-6-15-7-9-16/h4-5,10,12,15H,3,6-9H2,1-2H3. The van der Waals surface area contributed by atoms with Crippen LogP contribution in [-0.2, 0) is 0 Å². The zero-order chi connectivity index (χ0) is 13.8. The average Bonchev–Trinajstić information content (AvgIpc) is 2.67. The highest BCUT2D eigenvalue weighted by Gasteiger charge is 2.20. The van der Waals surface area contributed by atoms with E-state index in [-0.39, 0.29) is 16.7 Å². The molecule has 1 atom stereocenters. The molecule has 0 saturated carbocycles. The Balaban J connectivity index is 2.20. The molecule has 0 aromatic heterocycles. The SMILES string of the molecule is Cc1ccc(C(C)N2CCCNCC2)cc1[N+](=O)[O-]. The Morgan fingerprint density at radius 2 is 2.16 bits per heavy atom. The van der Waals surface area contributed by atoms with E-state index in [9.17, 15) is 10.1 Å². The van der Waals surface area contributed by atoms with Crippen molar-refractivity contribution in [2.24, 2.45) is 0 Å². The van der Waals surface area contributed by atoms with Gasteiger partial charge in [0.2, 0.25) is 0 Å². The van der Waals surface area contributed by atoms with Crippen molar-refractivity contribution in [2.75, 3.05) is 26.2 Å². The van der Waals surface area contributed by atoms with Gasteiger partial charge in [-0.15, -0.1) is 0 Å². The van der Waals surface area contributed by atoms with E-state index >= 15 is 0 Å². The lowest BCUT2D eigenvalue weighted by Crippen LogP contribution is -2.30. The first kappa shape index (κ1) is 14.0. The number of nitro benzene ring substituents is 1. The van der Waals surface area contributed by atoms with E-state index in [0.717, 1.165) is 43.7 Å². The monoisotopic (exact) mass is 263 g/mol. The summed E-state index contributed by atoms with van der Waals surface area (Å²) in [6, 6.07) is 5.79.